The summed E-state index contributed by atoms with van der Waals surface area (Å²) in [5.74, 6) is -0.507. The summed E-state index contributed by atoms with van der Waals surface area (Å²) in [6.45, 7) is 7.07. The highest BCUT2D eigenvalue weighted by atomic mass is 32.2. The van der Waals surface area contributed by atoms with Crippen LogP contribution in [0.15, 0.2) is 0 Å². The minimum absolute atomic E-state index is 0.0828. The van der Waals surface area contributed by atoms with Crippen molar-refractivity contribution in [1.29, 1.82) is 0 Å². The van der Waals surface area contributed by atoms with Gasteiger partial charge in [0.1, 0.15) is 6.04 Å². The van der Waals surface area contributed by atoms with Gasteiger partial charge in [-0.2, -0.15) is 0 Å². The first kappa shape index (κ1) is 17.1. The molecule has 0 aromatic heterocycles. The molecule has 1 saturated heterocycles. The van der Waals surface area contributed by atoms with E-state index < -0.39 is 12.0 Å². The average Bonchev–Trinajstić information content (AvgIpc) is 2.76. The Kier molecular flexibility index (Phi) is 6.13. The quantitative estimate of drug-likeness (QED) is 0.779. The van der Waals surface area contributed by atoms with Crippen LogP contribution in [0, 0.1) is 5.41 Å². The van der Waals surface area contributed by atoms with E-state index in [1.165, 1.54) is 16.7 Å². The zero-order valence-electron chi connectivity index (χ0n) is 12.5. The predicted molar refractivity (Wildman–Crippen MR) is 78.9 cm³/mol. The van der Waals surface area contributed by atoms with Gasteiger partial charge < -0.3 is 15.2 Å². The van der Waals surface area contributed by atoms with Crippen LogP contribution in [-0.2, 0) is 9.53 Å². The number of hydrogen-bond donors (Lipinski definition) is 2. The molecule has 2 amide bonds. The summed E-state index contributed by atoms with van der Waals surface area (Å²) in [6, 6.07) is -1.04. The number of nitrogens with zero attached hydrogens (tertiary/aromatic N) is 1. The Labute approximate surface area is 124 Å². The second-order valence-electron chi connectivity index (χ2n) is 5.76. The second-order valence-corrected chi connectivity index (χ2v) is 7.11. The van der Waals surface area contributed by atoms with E-state index in [1.54, 1.807) is 7.11 Å². The maximum absolute atomic E-state index is 12.2. The molecule has 0 radical (unpaired) electrons. The van der Waals surface area contributed by atoms with E-state index in [4.69, 9.17) is 9.84 Å². The van der Waals surface area contributed by atoms with Crippen molar-refractivity contribution >= 4 is 23.8 Å². The van der Waals surface area contributed by atoms with Crippen molar-refractivity contribution in [3.8, 4) is 0 Å². The summed E-state index contributed by atoms with van der Waals surface area (Å²) in [7, 11) is 1.65. The number of urea groups is 1. The molecular weight excluding hydrogens is 280 g/mol. The third-order valence-corrected chi connectivity index (χ3v) is 4.66. The molecule has 7 heteroatoms. The molecular formula is C13H24N2O4S. The molecule has 0 aromatic rings. The fourth-order valence-corrected chi connectivity index (χ4v) is 3.18. The summed E-state index contributed by atoms with van der Waals surface area (Å²) >= 11 is 1.48. The monoisotopic (exact) mass is 304 g/mol. The van der Waals surface area contributed by atoms with Gasteiger partial charge in [0.25, 0.3) is 0 Å². The number of aliphatic carboxylic acids is 1. The van der Waals surface area contributed by atoms with Crippen molar-refractivity contribution in [2.75, 3.05) is 26.0 Å². The number of thioether (sulfide) groups is 1. The predicted octanol–water partition coefficient (Wildman–Crippen LogP) is 1.61. The molecule has 20 heavy (non-hydrogen) atoms. The molecule has 0 saturated carbocycles. The zero-order valence-corrected chi connectivity index (χ0v) is 13.3. The van der Waals surface area contributed by atoms with Crippen molar-refractivity contribution in [1.82, 2.24) is 10.2 Å². The number of ether oxygens (including phenoxy) is 1. The van der Waals surface area contributed by atoms with Gasteiger partial charge in [-0.1, -0.05) is 13.8 Å². The van der Waals surface area contributed by atoms with Crippen LogP contribution in [0.1, 0.15) is 27.2 Å². The first-order valence-electron chi connectivity index (χ1n) is 6.68. The topological polar surface area (TPSA) is 78.9 Å². The van der Waals surface area contributed by atoms with Crippen LogP contribution >= 0.6 is 11.8 Å². The highest BCUT2D eigenvalue weighted by Gasteiger charge is 2.39. The Morgan fingerprint density at radius 1 is 1.50 bits per heavy atom. The molecule has 0 aliphatic carbocycles. The number of amides is 2. The maximum Gasteiger partial charge on any atom is 0.327 e. The molecule has 2 unspecified atom stereocenters. The Balaban J connectivity index is 2.55. The Morgan fingerprint density at radius 3 is 2.70 bits per heavy atom. The molecule has 0 bridgehead atoms. The third kappa shape index (κ3) is 4.56. The number of carboxylic acid groups (broad SMARTS) is 1. The fraction of sp³-hybridized carbons (Fsp3) is 0.846. The molecule has 1 heterocycles. The molecule has 0 aromatic carbocycles. The number of hydrogen-bond acceptors (Lipinski definition) is 4. The fourth-order valence-electron chi connectivity index (χ4n) is 2.01. The molecule has 2 N–H and O–H groups in total. The highest BCUT2D eigenvalue weighted by Crippen LogP contribution is 2.29. The number of nitrogens with one attached hydrogen (secondary N) is 1. The van der Waals surface area contributed by atoms with Crippen LogP contribution in [0.5, 0.6) is 0 Å². The summed E-state index contributed by atoms with van der Waals surface area (Å²) in [5.41, 5.74) is -0.0828. The molecule has 1 rings (SSSR count). The lowest BCUT2D eigenvalue weighted by molar-refractivity contribution is -0.141. The van der Waals surface area contributed by atoms with Gasteiger partial charge in [-0.3, -0.25) is 4.90 Å². The minimum Gasteiger partial charge on any atom is -0.480 e. The molecule has 0 spiro atoms. The van der Waals surface area contributed by atoms with Gasteiger partial charge in [0.2, 0.25) is 0 Å². The summed E-state index contributed by atoms with van der Waals surface area (Å²) in [4.78, 5) is 24.8. The van der Waals surface area contributed by atoms with Gasteiger partial charge in [0, 0.05) is 26.0 Å². The van der Waals surface area contributed by atoms with Crippen molar-refractivity contribution in [3.05, 3.63) is 0 Å². The van der Waals surface area contributed by atoms with Crippen molar-refractivity contribution in [3.63, 3.8) is 0 Å². The minimum atomic E-state index is -0.948. The number of carbonyl (C=O) groups is 2. The van der Waals surface area contributed by atoms with Crippen LogP contribution in [0.3, 0.4) is 0 Å². The van der Waals surface area contributed by atoms with E-state index in [-0.39, 0.29) is 16.8 Å². The highest BCUT2D eigenvalue weighted by molar-refractivity contribution is 8.00. The third-order valence-electron chi connectivity index (χ3n) is 3.44. The van der Waals surface area contributed by atoms with Crippen LogP contribution in [-0.4, -0.2) is 59.4 Å². The molecule has 116 valence electrons. The van der Waals surface area contributed by atoms with Gasteiger partial charge in [0.05, 0.1) is 5.37 Å². The van der Waals surface area contributed by atoms with Crippen LogP contribution in [0.2, 0.25) is 0 Å². The van der Waals surface area contributed by atoms with Crippen molar-refractivity contribution < 1.29 is 19.4 Å². The van der Waals surface area contributed by atoms with E-state index in [0.717, 1.165) is 6.42 Å². The normalized spacial score (nSPS) is 22.9. The second kappa shape index (κ2) is 7.17. The molecule has 2 atom stereocenters. The summed E-state index contributed by atoms with van der Waals surface area (Å²) in [6.07, 6.45) is 0.830. The largest absolute Gasteiger partial charge is 0.480 e. The summed E-state index contributed by atoms with van der Waals surface area (Å²) < 4.78 is 5.05. The lowest BCUT2D eigenvalue weighted by Crippen LogP contribution is -2.51. The Hall–Kier alpha value is -0.950. The first-order valence-corrected chi connectivity index (χ1v) is 7.73. The molecule has 1 aliphatic heterocycles. The molecule has 1 fully saturated rings. The number of carbonyl (C=O) groups excluding carboxylic acids is 1. The maximum atomic E-state index is 12.2. The number of carboxylic acids is 1. The van der Waals surface area contributed by atoms with Gasteiger partial charge in [-0.05, 0) is 18.8 Å². The Morgan fingerprint density at radius 2 is 2.15 bits per heavy atom. The van der Waals surface area contributed by atoms with E-state index in [0.29, 0.717) is 18.9 Å². The lowest BCUT2D eigenvalue weighted by atomic mass is 9.90. The first-order chi connectivity index (χ1) is 9.28. The SMILES string of the molecule is COCCC(C)(C)CNC(=O)N1C(C)SCC1C(=O)O. The standard InChI is InChI=1S/C13H24N2O4S/c1-9-15(10(7-20-9)11(16)17)12(18)14-8-13(2,3)5-6-19-4/h9-10H,5-8H2,1-4H3,(H,14,18)(H,16,17). The molecule has 1 aliphatic rings. The van der Waals surface area contributed by atoms with E-state index >= 15 is 0 Å². The number of rotatable bonds is 6. The Bertz CT molecular complexity index is 362. The van der Waals surface area contributed by atoms with Crippen LogP contribution in [0.4, 0.5) is 4.79 Å². The number of methoxy groups -OCH3 is 1. The van der Waals surface area contributed by atoms with Gasteiger partial charge in [-0.15, -0.1) is 11.8 Å². The zero-order chi connectivity index (χ0) is 15.3. The lowest BCUT2D eigenvalue weighted by Gasteiger charge is -2.29. The van der Waals surface area contributed by atoms with E-state index in [2.05, 4.69) is 5.32 Å². The van der Waals surface area contributed by atoms with Crippen LogP contribution in [0.25, 0.3) is 0 Å². The smallest absolute Gasteiger partial charge is 0.327 e. The van der Waals surface area contributed by atoms with Crippen molar-refractivity contribution in [2.24, 2.45) is 5.41 Å². The molecule has 6 nitrogen and oxygen atoms in total. The summed E-state index contributed by atoms with van der Waals surface area (Å²) in [5, 5.41) is 11.9. The average molecular weight is 304 g/mol. The van der Waals surface area contributed by atoms with Gasteiger partial charge in [0.15, 0.2) is 0 Å². The van der Waals surface area contributed by atoms with Crippen molar-refractivity contribution in [2.45, 2.75) is 38.6 Å². The van der Waals surface area contributed by atoms with Crippen LogP contribution < -0.4 is 5.32 Å². The van der Waals surface area contributed by atoms with Gasteiger partial charge in [-0.25, -0.2) is 9.59 Å². The van der Waals surface area contributed by atoms with E-state index in [1.807, 2.05) is 20.8 Å². The van der Waals surface area contributed by atoms with Gasteiger partial charge >= 0.3 is 12.0 Å². The van der Waals surface area contributed by atoms with E-state index in [9.17, 15) is 9.59 Å².